The minimum Gasteiger partial charge on any atom is -0.394 e. The second-order valence-electron chi connectivity index (χ2n) is 17.4. The quantitative estimate of drug-likeness (QED) is 0.410. The first kappa shape index (κ1) is 36.4. The van der Waals surface area contributed by atoms with E-state index in [0.29, 0.717) is 25.7 Å². The predicted molar refractivity (Wildman–Crippen MR) is 184 cm³/mol. The maximum atomic E-state index is 14.0. The van der Waals surface area contributed by atoms with Crippen LogP contribution in [0.4, 0.5) is 0 Å². The van der Waals surface area contributed by atoms with E-state index in [1.54, 1.807) is 7.11 Å². The summed E-state index contributed by atoms with van der Waals surface area (Å²) < 4.78 is 59.8. The van der Waals surface area contributed by atoms with E-state index in [1.807, 2.05) is 0 Å². The molecule has 0 amide bonds. The summed E-state index contributed by atoms with van der Waals surface area (Å²) in [6.07, 6.45) is 4.01. The van der Waals surface area contributed by atoms with Gasteiger partial charge in [0.2, 0.25) is 0 Å². The van der Waals surface area contributed by atoms with E-state index in [9.17, 15) is 15.0 Å². The molecule has 290 valence electrons. The number of aliphatic hydroxyl groups is 2. The van der Waals surface area contributed by atoms with Gasteiger partial charge in [-0.05, 0) is 62.0 Å². The maximum Gasteiger partial charge on any atom is 0.172 e. The molecule has 10 heterocycles. The molecule has 10 aliphatic heterocycles. The maximum absolute atomic E-state index is 14.0. The van der Waals surface area contributed by atoms with Crippen LogP contribution in [0.5, 0.6) is 0 Å². The summed E-state index contributed by atoms with van der Waals surface area (Å²) in [4.78, 5) is 14.0. The zero-order valence-corrected chi connectivity index (χ0v) is 30.7. The molecule has 0 saturated carbocycles. The Bertz CT molecular complexity index is 1370. The fraction of sp³-hybridized carbons (Fsp3) is 0.875. The molecular weight excluding hydrogens is 672 g/mol. The molecule has 11 unspecified atom stereocenters. The largest absolute Gasteiger partial charge is 0.394 e. The van der Waals surface area contributed by atoms with Gasteiger partial charge in [-0.1, -0.05) is 20.1 Å². The number of hydrogen-bond acceptors (Lipinski definition) is 12. The van der Waals surface area contributed by atoms with Crippen LogP contribution in [0.1, 0.15) is 90.4 Å². The monoisotopic (exact) mass is 730 g/mol. The van der Waals surface area contributed by atoms with Crippen molar-refractivity contribution in [3.05, 3.63) is 24.3 Å². The van der Waals surface area contributed by atoms with Crippen LogP contribution in [0.25, 0.3) is 0 Å². The first-order chi connectivity index (χ1) is 25.1. The summed E-state index contributed by atoms with van der Waals surface area (Å²) in [6.45, 7) is 10.7. The molecule has 52 heavy (non-hydrogen) atoms. The number of fused-ring (bicyclic) bond motifs is 6. The van der Waals surface area contributed by atoms with Crippen molar-refractivity contribution in [2.24, 2.45) is 11.8 Å². The molecule has 10 saturated heterocycles. The summed E-state index contributed by atoms with van der Waals surface area (Å²) in [5, 5.41) is 20.1. The second kappa shape index (κ2) is 14.3. The number of carbonyl (C=O) groups excluding carboxylic acids is 1. The number of methoxy groups -OCH3 is 1. The molecule has 0 radical (unpaired) electrons. The van der Waals surface area contributed by atoms with Crippen LogP contribution in [0.2, 0.25) is 0 Å². The van der Waals surface area contributed by atoms with Gasteiger partial charge in [0.25, 0.3) is 0 Å². The highest BCUT2D eigenvalue weighted by molar-refractivity contribution is 5.79. The lowest BCUT2D eigenvalue weighted by atomic mass is 9.81. The van der Waals surface area contributed by atoms with Gasteiger partial charge in [-0.25, -0.2) is 0 Å². The normalized spacial score (nSPS) is 52.4. The van der Waals surface area contributed by atoms with Crippen molar-refractivity contribution >= 4 is 5.78 Å². The summed E-state index contributed by atoms with van der Waals surface area (Å²) >= 11 is 0. The third-order valence-electron chi connectivity index (χ3n) is 13.9. The molecule has 0 aliphatic carbocycles. The predicted octanol–water partition coefficient (Wildman–Crippen LogP) is 3.47. The fourth-order valence-electron chi connectivity index (χ4n) is 11.3. The summed E-state index contributed by atoms with van der Waals surface area (Å²) in [5.41, 5.74) is 2.17. The van der Waals surface area contributed by atoms with E-state index in [4.69, 9.17) is 42.6 Å². The van der Waals surface area contributed by atoms with E-state index in [2.05, 4.69) is 20.1 Å². The average molecular weight is 731 g/mol. The zero-order valence-electron chi connectivity index (χ0n) is 30.7. The van der Waals surface area contributed by atoms with E-state index in [1.165, 1.54) is 0 Å². The van der Waals surface area contributed by atoms with Crippen molar-refractivity contribution in [2.45, 2.75) is 194 Å². The van der Waals surface area contributed by atoms with Gasteiger partial charge < -0.3 is 52.8 Å². The van der Waals surface area contributed by atoms with Gasteiger partial charge in [-0.2, -0.15) is 0 Å². The van der Waals surface area contributed by atoms with E-state index >= 15 is 0 Å². The standard InChI is InChI=1S/C40H58O12/c1-19-11-24-5-7-28-20(2)12-26(45-28)9-10-40-17-33-36(51-40)37-38(50-33)39(52-40)35-29(49-37)8-6-25(47-35)13-22(42)14-27-31(16-30(46-24)21(19)3)48-32(34(27)44-4)15-23(43)18-41/h19,23-39,41,43H,2-3,5-18H2,1,4H3/t19?,23?,24?,25?,26?,27?,28-,29-,30?,31-,32+,33?,34+,35-,36?,37-,38?,39?,40-/m0/s1. The summed E-state index contributed by atoms with van der Waals surface area (Å²) in [7, 11) is 1.63. The fourth-order valence-corrected chi connectivity index (χ4v) is 11.3. The number of aliphatic hydroxyl groups excluding tert-OH is 2. The van der Waals surface area contributed by atoms with Crippen molar-refractivity contribution in [2.75, 3.05) is 13.7 Å². The lowest BCUT2D eigenvalue weighted by Crippen LogP contribution is -2.61. The lowest BCUT2D eigenvalue weighted by Gasteiger charge is -2.47. The van der Waals surface area contributed by atoms with E-state index in [0.717, 1.165) is 49.7 Å². The van der Waals surface area contributed by atoms with Crippen LogP contribution in [-0.4, -0.2) is 133 Å². The van der Waals surface area contributed by atoms with Gasteiger partial charge in [-0.15, -0.1) is 0 Å². The zero-order chi connectivity index (χ0) is 35.9. The Hall–Kier alpha value is -1.29. The number of rotatable bonds is 4. The molecule has 10 aliphatic rings. The van der Waals surface area contributed by atoms with Crippen LogP contribution in [0, 0.1) is 11.8 Å². The van der Waals surface area contributed by atoms with Crippen LogP contribution in [0.15, 0.2) is 24.3 Å². The second-order valence-corrected chi connectivity index (χ2v) is 17.4. The molecule has 12 heteroatoms. The van der Waals surface area contributed by atoms with Gasteiger partial charge in [0, 0.05) is 51.6 Å². The molecule has 12 bridgehead atoms. The molecule has 19 atom stereocenters. The van der Waals surface area contributed by atoms with Crippen LogP contribution < -0.4 is 0 Å². The molecular formula is C40H58O12. The Labute approximate surface area is 306 Å². The van der Waals surface area contributed by atoms with Crippen LogP contribution in [0.3, 0.4) is 0 Å². The number of hydrogen-bond donors (Lipinski definition) is 2. The SMILES string of the molecule is C=C1C(C)CC2CC[C@@H]3OC(CC[C@@]45CC6OC7C(O4)[C@H]4OC(CC[C@@H]4O[C@H]7C6O5)CC(=O)CC4[C@H](CC1O2)O[C@H](CC(O)CO)[C@@H]4OC)CC3=C. The van der Waals surface area contributed by atoms with Crippen molar-refractivity contribution < 1.29 is 57.6 Å². The average Bonchev–Trinajstić information content (AvgIpc) is 3.79. The Balaban J connectivity index is 0.994. The third-order valence-corrected chi connectivity index (χ3v) is 13.9. The first-order valence-corrected chi connectivity index (χ1v) is 20.1. The molecule has 10 rings (SSSR count). The molecule has 2 N–H and O–H groups in total. The highest BCUT2D eigenvalue weighted by Gasteiger charge is 2.68. The Morgan fingerprint density at radius 2 is 1.54 bits per heavy atom. The van der Waals surface area contributed by atoms with Gasteiger partial charge >= 0.3 is 0 Å². The number of ketones is 1. The topological polar surface area (TPSA) is 141 Å². The van der Waals surface area contributed by atoms with Crippen molar-refractivity contribution in [1.29, 1.82) is 0 Å². The third kappa shape index (κ3) is 6.59. The summed E-state index contributed by atoms with van der Waals surface area (Å²) in [5.74, 6) is -0.709. The molecule has 1 spiro atoms. The van der Waals surface area contributed by atoms with Crippen LogP contribution >= 0.6 is 0 Å². The molecule has 10 fully saturated rings. The van der Waals surface area contributed by atoms with Gasteiger partial charge in [0.15, 0.2) is 5.79 Å². The van der Waals surface area contributed by atoms with E-state index in [-0.39, 0.29) is 123 Å². The van der Waals surface area contributed by atoms with Crippen molar-refractivity contribution in [1.82, 2.24) is 0 Å². The van der Waals surface area contributed by atoms with E-state index < -0.39 is 24.1 Å². The molecule has 0 aromatic carbocycles. The first-order valence-electron chi connectivity index (χ1n) is 20.1. The highest BCUT2D eigenvalue weighted by Crippen LogP contribution is 2.54. The lowest BCUT2D eigenvalue weighted by molar-refractivity contribution is -0.292. The number of Topliss-reactive ketones (excluding diaryl/α,β-unsaturated/α-hetero) is 1. The van der Waals surface area contributed by atoms with Gasteiger partial charge in [-0.3, -0.25) is 4.79 Å². The van der Waals surface area contributed by atoms with Crippen molar-refractivity contribution in [3.63, 3.8) is 0 Å². The van der Waals surface area contributed by atoms with Gasteiger partial charge in [0.05, 0.1) is 73.8 Å². The number of carbonyl (C=O) groups is 1. The smallest absolute Gasteiger partial charge is 0.172 e. The van der Waals surface area contributed by atoms with Crippen LogP contribution in [-0.2, 0) is 47.4 Å². The number of ether oxygens (including phenoxy) is 9. The highest BCUT2D eigenvalue weighted by atomic mass is 16.8. The minimum absolute atomic E-state index is 0.0260. The minimum atomic E-state index is -0.951. The molecule has 0 aromatic heterocycles. The summed E-state index contributed by atoms with van der Waals surface area (Å²) in [6, 6.07) is 0. The molecule has 12 nitrogen and oxygen atoms in total. The Morgan fingerprint density at radius 1 is 0.788 bits per heavy atom. The molecule has 0 aromatic rings. The van der Waals surface area contributed by atoms with Gasteiger partial charge in [0.1, 0.15) is 36.3 Å². The Kier molecular flexibility index (Phi) is 10.0. The van der Waals surface area contributed by atoms with Crippen molar-refractivity contribution in [3.8, 4) is 0 Å². The Morgan fingerprint density at radius 3 is 2.37 bits per heavy atom.